The molecule has 1 fully saturated rings. The molecule has 0 spiro atoms. The summed E-state index contributed by atoms with van der Waals surface area (Å²) in [6.07, 6.45) is 3.91. The number of nitriles is 1. The van der Waals surface area contributed by atoms with Gasteiger partial charge in [-0.1, -0.05) is 0 Å². The fraction of sp³-hybridized carbons (Fsp3) is 0.571. The highest BCUT2D eigenvalue weighted by Crippen LogP contribution is 2.16. The van der Waals surface area contributed by atoms with Gasteiger partial charge in [0.2, 0.25) is 5.91 Å². The van der Waals surface area contributed by atoms with Crippen LogP contribution in [0.15, 0.2) is 22.8 Å². The molecule has 0 bridgehead atoms. The van der Waals surface area contributed by atoms with Crippen molar-refractivity contribution in [2.24, 2.45) is 5.92 Å². The molecular formula is C14H19N3O2. The molecule has 0 aromatic carbocycles. The van der Waals surface area contributed by atoms with E-state index < -0.39 is 0 Å². The van der Waals surface area contributed by atoms with E-state index in [1.54, 1.807) is 11.2 Å². The number of hydrogen-bond donors (Lipinski definition) is 1. The number of nitrogens with one attached hydrogen (secondary N) is 1. The van der Waals surface area contributed by atoms with Gasteiger partial charge >= 0.3 is 0 Å². The van der Waals surface area contributed by atoms with Crippen molar-refractivity contribution in [1.29, 1.82) is 5.26 Å². The summed E-state index contributed by atoms with van der Waals surface area (Å²) in [4.78, 5) is 14.2. The summed E-state index contributed by atoms with van der Waals surface area (Å²) in [6.45, 7) is 2.64. The molecule has 1 aromatic rings. The standard InChI is InChI=1S/C14H19N3O2/c15-6-3-8-17(11-13-5-2-9-19-13)14(18)12-4-1-7-16-10-12/h2,5,9,12,16H,1,3-4,7-8,10-11H2. The number of piperidine rings is 1. The second-order valence-electron chi connectivity index (χ2n) is 4.79. The van der Waals surface area contributed by atoms with Gasteiger partial charge in [-0.05, 0) is 31.5 Å². The average Bonchev–Trinajstić information content (AvgIpc) is 2.96. The van der Waals surface area contributed by atoms with Crippen molar-refractivity contribution in [3.05, 3.63) is 24.2 Å². The third-order valence-electron chi connectivity index (χ3n) is 3.38. The fourth-order valence-corrected chi connectivity index (χ4v) is 2.36. The molecule has 1 aliphatic heterocycles. The topological polar surface area (TPSA) is 69.3 Å². The van der Waals surface area contributed by atoms with Gasteiger partial charge in [-0.25, -0.2) is 0 Å². The van der Waals surface area contributed by atoms with Gasteiger partial charge in [0.25, 0.3) is 0 Å². The molecule has 2 rings (SSSR count). The third-order valence-corrected chi connectivity index (χ3v) is 3.38. The zero-order chi connectivity index (χ0) is 13.5. The van der Waals surface area contributed by atoms with Crippen LogP contribution >= 0.6 is 0 Å². The highest BCUT2D eigenvalue weighted by atomic mass is 16.3. The lowest BCUT2D eigenvalue weighted by Crippen LogP contribution is -2.43. The number of rotatable bonds is 5. The average molecular weight is 261 g/mol. The van der Waals surface area contributed by atoms with E-state index in [1.165, 1.54) is 0 Å². The van der Waals surface area contributed by atoms with Crippen molar-refractivity contribution in [2.75, 3.05) is 19.6 Å². The maximum Gasteiger partial charge on any atom is 0.227 e. The monoisotopic (exact) mass is 261 g/mol. The molecule has 1 aliphatic rings. The molecule has 0 aliphatic carbocycles. The van der Waals surface area contributed by atoms with Crippen LogP contribution in [0, 0.1) is 17.2 Å². The van der Waals surface area contributed by atoms with Crippen LogP contribution in [-0.4, -0.2) is 30.4 Å². The largest absolute Gasteiger partial charge is 0.467 e. The smallest absolute Gasteiger partial charge is 0.227 e. The van der Waals surface area contributed by atoms with Gasteiger partial charge in [-0.15, -0.1) is 0 Å². The maximum atomic E-state index is 12.5. The second-order valence-corrected chi connectivity index (χ2v) is 4.79. The molecule has 0 saturated carbocycles. The maximum absolute atomic E-state index is 12.5. The molecule has 1 unspecified atom stereocenters. The summed E-state index contributed by atoms with van der Waals surface area (Å²) >= 11 is 0. The van der Waals surface area contributed by atoms with Gasteiger partial charge in [0.1, 0.15) is 5.76 Å². The van der Waals surface area contributed by atoms with Crippen molar-refractivity contribution >= 4 is 5.91 Å². The molecule has 1 amide bonds. The molecule has 0 radical (unpaired) electrons. The minimum Gasteiger partial charge on any atom is -0.467 e. The predicted octanol–water partition coefficient (Wildman–Crippen LogP) is 1.52. The van der Waals surface area contributed by atoms with E-state index in [4.69, 9.17) is 9.68 Å². The minimum atomic E-state index is 0.0300. The summed E-state index contributed by atoms with van der Waals surface area (Å²) in [6, 6.07) is 5.76. The fourth-order valence-electron chi connectivity index (χ4n) is 2.36. The lowest BCUT2D eigenvalue weighted by atomic mass is 9.98. The van der Waals surface area contributed by atoms with Crippen molar-refractivity contribution in [1.82, 2.24) is 10.2 Å². The van der Waals surface area contributed by atoms with E-state index in [2.05, 4.69) is 11.4 Å². The lowest BCUT2D eigenvalue weighted by molar-refractivity contribution is -0.136. The van der Waals surface area contributed by atoms with Crippen LogP contribution in [0.4, 0.5) is 0 Å². The zero-order valence-electron chi connectivity index (χ0n) is 11.0. The highest BCUT2D eigenvalue weighted by Gasteiger charge is 2.26. The number of carbonyl (C=O) groups excluding carboxylic acids is 1. The van der Waals surface area contributed by atoms with E-state index in [0.717, 1.165) is 31.7 Å². The zero-order valence-corrected chi connectivity index (χ0v) is 11.0. The second kappa shape index (κ2) is 6.95. The molecule has 1 atom stereocenters. The Hall–Kier alpha value is -1.80. The Bertz CT molecular complexity index is 430. The number of nitrogens with zero attached hydrogens (tertiary/aromatic N) is 2. The first-order chi connectivity index (χ1) is 9.31. The van der Waals surface area contributed by atoms with Gasteiger partial charge in [-0.2, -0.15) is 5.26 Å². The lowest BCUT2D eigenvalue weighted by Gasteiger charge is -2.28. The van der Waals surface area contributed by atoms with Crippen LogP contribution in [0.1, 0.15) is 25.0 Å². The Balaban J connectivity index is 1.99. The summed E-state index contributed by atoms with van der Waals surface area (Å²) in [5, 5.41) is 12.0. The van der Waals surface area contributed by atoms with Crippen LogP contribution in [0.3, 0.4) is 0 Å². The van der Waals surface area contributed by atoms with Gasteiger partial charge in [0.05, 0.1) is 31.2 Å². The van der Waals surface area contributed by atoms with Gasteiger partial charge in [-0.3, -0.25) is 4.79 Å². The van der Waals surface area contributed by atoms with Gasteiger partial charge in [0, 0.05) is 13.1 Å². The molecular weight excluding hydrogens is 242 g/mol. The van der Waals surface area contributed by atoms with Crippen molar-refractivity contribution < 1.29 is 9.21 Å². The summed E-state index contributed by atoms with van der Waals surface area (Å²) in [5.41, 5.74) is 0. The molecule has 5 heteroatoms. The minimum absolute atomic E-state index is 0.0300. The number of furan rings is 1. The number of carbonyl (C=O) groups is 1. The summed E-state index contributed by atoms with van der Waals surface area (Å²) < 4.78 is 5.29. The third kappa shape index (κ3) is 3.83. The molecule has 102 valence electrons. The SMILES string of the molecule is N#CCCN(Cc1ccco1)C(=O)C1CCCNC1. The normalized spacial score (nSPS) is 18.8. The van der Waals surface area contributed by atoms with Crippen molar-refractivity contribution in [2.45, 2.75) is 25.8 Å². The Labute approximate surface area is 113 Å². The Morgan fingerprint density at radius 2 is 2.53 bits per heavy atom. The molecule has 1 N–H and O–H groups in total. The Morgan fingerprint density at radius 3 is 3.16 bits per heavy atom. The Kier molecular flexibility index (Phi) is 4.99. The predicted molar refractivity (Wildman–Crippen MR) is 69.9 cm³/mol. The van der Waals surface area contributed by atoms with E-state index in [-0.39, 0.29) is 11.8 Å². The first-order valence-electron chi connectivity index (χ1n) is 6.70. The first-order valence-corrected chi connectivity index (χ1v) is 6.70. The van der Waals surface area contributed by atoms with Crippen LogP contribution < -0.4 is 5.32 Å². The number of hydrogen-bond acceptors (Lipinski definition) is 4. The van der Waals surface area contributed by atoms with Crippen molar-refractivity contribution in [3.8, 4) is 6.07 Å². The highest BCUT2D eigenvalue weighted by molar-refractivity contribution is 5.79. The molecule has 5 nitrogen and oxygen atoms in total. The van der Waals surface area contributed by atoms with E-state index in [9.17, 15) is 4.79 Å². The molecule has 1 saturated heterocycles. The van der Waals surface area contributed by atoms with Crippen LogP contribution in [0.25, 0.3) is 0 Å². The summed E-state index contributed by atoms with van der Waals surface area (Å²) in [5.74, 6) is 0.913. The van der Waals surface area contributed by atoms with Crippen LogP contribution in [0.2, 0.25) is 0 Å². The molecule has 2 heterocycles. The number of amides is 1. The van der Waals surface area contributed by atoms with Gasteiger partial charge < -0.3 is 14.6 Å². The first kappa shape index (κ1) is 13.6. The Morgan fingerprint density at radius 1 is 1.63 bits per heavy atom. The molecule has 19 heavy (non-hydrogen) atoms. The quantitative estimate of drug-likeness (QED) is 0.872. The molecule has 1 aromatic heterocycles. The summed E-state index contributed by atoms with van der Waals surface area (Å²) in [7, 11) is 0. The van der Waals surface area contributed by atoms with E-state index >= 15 is 0 Å². The van der Waals surface area contributed by atoms with Crippen LogP contribution in [-0.2, 0) is 11.3 Å². The van der Waals surface area contributed by atoms with E-state index in [1.807, 2.05) is 12.1 Å². The van der Waals surface area contributed by atoms with Gasteiger partial charge in [0.15, 0.2) is 0 Å². The van der Waals surface area contributed by atoms with Crippen molar-refractivity contribution in [3.63, 3.8) is 0 Å². The van der Waals surface area contributed by atoms with Crippen LogP contribution in [0.5, 0.6) is 0 Å². The van der Waals surface area contributed by atoms with E-state index in [0.29, 0.717) is 19.5 Å².